The normalized spacial score (nSPS) is 19.2. The number of hydrogen-bond donors (Lipinski definition) is 0. The number of ether oxygens (including phenoxy) is 1. The summed E-state index contributed by atoms with van der Waals surface area (Å²) < 4.78 is 47.5. The summed E-state index contributed by atoms with van der Waals surface area (Å²) in [6.07, 6.45) is 3.21. The summed E-state index contributed by atoms with van der Waals surface area (Å²) >= 11 is 5.74. The molecule has 1 aromatic carbocycles. The van der Waals surface area contributed by atoms with E-state index >= 15 is 0 Å². The number of sulfonamides is 1. The maximum atomic E-state index is 13.2. The molecule has 1 fully saturated rings. The summed E-state index contributed by atoms with van der Waals surface area (Å²) in [6, 6.07) is 3.95. The number of hydrogen-bond acceptors (Lipinski definition) is 4. The fraction of sp³-hybridized carbons (Fsp3) is 0.438. The molecule has 0 amide bonds. The predicted molar refractivity (Wildman–Crippen MR) is 92.2 cm³/mol. The third-order valence-electron chi connectivity index (χ3n) is 4.10. The molecule has 0 spiro atoms. The van der Waals surface area contributed by atoms with E-state index in [1.165, 1.54) is 22.5 Å². The van der Waals surface area contributed by atoms with Gasteiger partial charge in [0.2, 0.25) is 10.0 Å². The second-order valence-corrected chi connectivity index (χ2v) is 8.23. The lowest BCUT2D eigenvalue weighted by Crippen LogP contribution is -2.42. The van der Waals surface area contributed by atoms with Crippen molar-refractivity contribution >= 4 is 21.6 Å². The molecule has 0 aliphatic carbocycles. The lowest BCUT2D eigenvalue weighted by molar-refractivity contribution is -0.00265. The Morgan fingerprint density at radius 3 is 2.92 bits per heavy atom. The molecular weight excluding hydrogens is 369 g/mol. The lowest BCUT2D eigenvalue weighted by atomic mass is 10.2. The Labute approximate surface area is 151 Å². The van der Waals surface area contributed by atoms with Crippen molar-refractivity contribution in [1.82, 2.24) is 14.1 Å². The Balaban J connectivity index is 1.73. The Morgan fingerprint density at radius 1 is 1.44 bits per heavy atom. The standard InChI is InChI=1S/C16H19ClFN3O3S/c1-2-20-9-13(8-19-20)16-10-21(5-6-24-16)25(22,23)11-12-3-4-15(18)14(17)7-12/h3-4,7-9,16H,2,5-6,10-11H2,1H3/t16-/m0/s1. The Morgan fingerprint density at radius 2 is 2.24 bits per heavy atom. The smallest absolute Gasteiger partial charge is 0.218 e. The summed E-state index contributed by atoms with van der Waals surface area (Å²) in [7, 11) is -3.56. The van der Waals surface area contributed by atoms with Crippen LogP contribution in [-0.4, -0.2) is 42.2 Å². The molecule has 1 aliphatic heterocycles. The predicted octanol–water partition coefficient (Wildman–Crippen LogP) is 2.60. The van der Waals surface area contributed by atoms with Crippen LogP contribution in [0.15, 0.2) is 30.6 Å². The van der Waals surface area contributed by atoms with E-state index < -0.39 is 15.8 Å². The Kier molecular flexibility index (Phi) is 5.43. The Hall–Kier alpha value is -1.48. The first-order chi connectivity index (χ1) is 11.9. The highest BCUT2D eigenvalue weighted by molar-refractivity contribution is 7.88. The summed E-state index contributed by atoms with van der Waals surface area (Å²) in [5.74, 6) is -0.796. The van der Waals surface area contributed by atoms with E-state index in [0.29, 0.717) is 12.2 Å². The van der Waals surface area contributed by atoms with Crippen LogP contribution >= 0.6 is 11.6 Å². The van der Waals surface area contributed by atoms with Crippen LogP contribution in [0.25, 0.3) is 0 Å². The molecule has 1 aromatic heterocycles. The van der Waals surface area contributed by atoms with Crippen molar-refractivity contribution in [3.05, 3.63) is 52.6 Å². The molecule has 0 unspecified atom stereocenters. The highest BCUT2D eigenvalue weighted by atomic mass is 35.5. The molecule has 0 radical (unpaired) electrons. The van der Waals surface area contributed by atoms with Crippen LogP contribution in [-0.2, 0) is 27.1 Å². The maximum absolute atomic E-state index is 13.2. The third kappa shape index (κ3) is 4.20. The minimum atomic E-state index is -3.56. The number of aromatic nitrogens is 2. The third-order valence-corrected chi connectivity index (χ3v) is 6.21. The first-order valence-electron chi connectivity index (χ1n) is 7.94. The lowest BCUT2D eigenvalue weighted by Gasteiger charge is -2.31. The van der Waals surface area contributed by atoms with Crippen LogP contribution in [0.2, 0.25) is 5.02 Å². The van der Waals surface area contributed by atoms with Gasteiger partial charge in [0.15, 0.2) is 0 Å². The van der Waals surface area contributed by atoms with Gasteiger partial charge in [-0.05, 0) is 24.6 Å². The van der Waals surface area contributed by atoms with Crippen molar-refractivity contribution in [2.45, 2.75) is 25.3 Å². The number of aryl methyl sites for hydroxylation is 1. The van der Waals surface area contributed by atoms with Crippen LogP contribution in [0.3, 0.4) is 0 Å². The summed E-state index contributed by atoms with van der Waals surface area (Å²) in [6.45, 7) is 3.54. The average Bonchev–Trinajstić information content (AvgIpc) is 3.07. The highest BCUT2D eigenvalue weighted by Crippen LogP contribution is 2.25. The van der Waals surface area contributed by atoms with E-state index in [0.717, 1.165) is 12.1 Å². The van der Waals surface area contributed by atoms with Gasteiger partial charge >= 0.3 is 0 Å². The van der Waals surface area contributed by atoms with Gasteiger partial charge in [-0.3, -0.25) is 4.68 Å². The van der Waals surface area contributed by atoms with Crippen LogP contribution < -0.4 is 0 Å². The van der Waals surface area contributed by atoms with Gasteiger partial charge in [-0.15, -0.1) is 0 Å². The SMILES string of the molecule is CCn1cc([C@@H]2CN(S(=O)(=O)Cc3ccc(F)c(Cl)c3)CCO2)cn1. The highest BCUT2D eigenvalue weighted by Gasteiger charge is 2.31. The largest absolute Gasteiger partial charge is 0.371 e. The van der Waals surface area contributed by atoms with Gasteiger partial charge in [0.25, 0.3) is 0 Å². The second-order valence-electron chi connectivity index (χ2n) is 5.85. The molecule has 0 bridgehead atoms. The summed E-state index contributed by atoms with van der Waals surface area (Å²) in [5, 5.41) is 4.12. The molecule has 2 aromatic rings. The van der Waals surface area contributed by atoms with E-state index in [9.17, 15) is 12.8 Å². The van der Waals surface area contributed by atoms with Crippen molar-refractivity contribution in [2.75, 3.05) is 19.7 Å². The quantitative estimate of drug-likeness (QED) is 0.791. The van der Waals surface area contributed by atoms with Gasteiger partial charge in [0.1, 0.15) is 5.82 Å². The topological polar surface area (TPSA) is 64.4 Å². The number of nitrogens with zero attached hydrogens (tertiary/aromatic N) is 3. The maximum Gasteiger partial charge on any atom is 0.218 e. The molecule has 25 heavy (non-hydrogen) atoms. The van der Waals surface area contributed by atoms with Crippen molar-refractivity contribution in [3.8, 4) is 0 Å². The van der Waals surface area contributed by atoms with Gasteiger partial charge in [0.05, 0.1) is 29.7 Å². The summed E-state index contributed by atoms with van der Waals surface area (Å²) in [5.41, 5.74) is 1.31. The minimum Gasteiger partial charge on any atom is -0.371 e. The monoisotopic (exact) mass is 387 g/mol. The molecular formula is C16H19ClFN3O3S. The van der Waals surface area contributed by atoms with Crippen molar-refractivity contribution in [1.29, 1.82) is 0 Å². The molecule has 2 heterocycles. The van der Waals surface area contributed by atoms with E-state index in [1.807, 2.05) is 13.1 Å². The van der Waals surface area contributed by atoms with E-state index in [1.54, 1.807) is 10.9 Å². The van der Waals surface area contributed by atoms with Crippen molar-refractivity contribution in [3.63, 3.8) is 0 Å². The number of rotatable bonds is 5. The summed E-state index contributed by atoms with van der Waals surface area (Å²) in [4.78, 5) is 0. The molecule has 1 saturated heterocycles. The van der Waals surface area contributed by atoms with Crippen LogP contribution in [0.4, 0.5) is 4.39 Å². The molecule has 136 valence electrons. The minimum absolute atomic E-state index is 0.0838. The first-order valence-corrected chi connectivity index (χ1v) is 9.93. The van der Waals surface area contributed by atoms with E-state index in [-0.39, 0.29) is 30.0 Å². The fourth-order valence-electron chi connectivity index (χ4n) is 2.73. The zero-order chi connectivity index (χ0) is 18.0. The first kappa shape index (κ1) is 18.3. The van der Waals surface area contributed by atoms with E-state index in [2.05, 4.69) is 5.10 Å². The Bertz CT molecular complexity index is 856. The molecule has 9 heteroatoms. The number of morpholine rings is 1. The molecule has 1 atom stereocenters. The molecule has 6 nitrogen and oxygen atoms in total. The van der Waals surface area contributed by atoms with Crippen molar-refractivity contribution in [2.24, 2.45) is 0 Å². The van der Waals surface area contributed by atoms with Gasteiger partial charge in [-0.25, -0.2) is 12.8 Å². The van der Waals surface area contributed by atoms with Crippen molar-refractivity contribution < 1.29 is 17.5 Å². The van der Waals surface area contributed by atoms with E-state index in [4.69, 9.17) is 16.3 Å². The fourth-order valence-corrected chi connectivity index (χ4v) is 4.43. The molecule has 0 N–H and O–H groups in total. The van der Waals surface area contributed by atoms with Crippen LogP contribution in [0.1, 0.15) is 24.2 Å². The molecule has 0 saturated carbocycles. The van der Waals surface area contributed by atoms with Crippen LogP contribution in [0, 0.1) is 5.82 Å². The van der Waals surface area contributed by atoms with Gasteiger partial charge < -0.3 is 4.74 Å². The molecule has 3 rings (SSSR count). The van der Waals surface area contributed by atoms with Gasteiger partial charge in [0, 0.05) is 31.4 Å². The number of halogens is 2. The van der Waals surface area contributed by atoms with Crippen LogP contribution in [0.5, 0.6) is 0 Å². The number of benzene rings is 1. The zero-order valence-electron chi connectivity index (χ0n) is 13.7. The van der Waals surface area contributed by atoms with Gasteiger partial charge in [-0.2, -0.15) is 9.40 Å². The average molecular weight is 388 g/mol. The molecule has 1 aliphatic rings. The zero-order valence-corrected chi connectivity index (χ0v) is 15.3. The van der Waals surface area contributed by atoms with Gasteiger partial charge in [-0.1, -0.05) is 17.7 Å². The second kappa shape index (κ2) is 7.41.